The van der Waals surface area contributed by atoms with Crippen LogP contribution in [0.5, 0.6) is 0 Å². The van der Waals surface area contributed by atoms with Crippen molar-refractivity contribution in [2.45, 2.75) is 19.3 Å². The van der Waals surface area contributed by atoms with Crippen molar-refractivity contribution in [2.24, 2.45) is 0 Å². The molecule has 10 aromatic rings. The predicted molar refractivity (Wildman–Crippen MR) is 215 cm³/mol. The van der Waals surface area contributed by atoms with Gasteiger partial charge in [-0.2, -0.15) is 0 Å². The van der Waals surface area contributed by atoms with Gasteiger partial charge in [0.05, 0.1) is 32.6 Å². The van der Waals surface area contributed by atoms with E-state index in [4.69, 9.17) is 9.97 Å². The molecule has 0 radical (unpaired) electrons. The van der Waals surface area contributed by atoms with Crippen molar-refractivity contribution < 1.29 is 0 Å². The van der Waals surface area contributed by atoms with E-state index in [1.165, 1.54) is 64.4 Å². The van der Waals surface area contributed by atoms with Gasteiger partial charge in [0, 0.05) is 37.4 Å². The van der Waals surface area contributed by atoms with E-state index in [9.17, 15) is 0 Å². The molecule has 0 bridgehead atoms. The van der Waals surface area contributed by atoms with Crippen molar-refractivity contribution in [3.63, 3.8) is 0 Å². The fourth-order valence-electron chi connectivity index (χ4n) is 8.50. The molecule has 4 heteroatoms. The van der Waals surface area contributed by atoms with Crippen molar-refractivity contribution in [1.82, 2.24) is 14.5 Å². The Hall–Kier alpha value is -6.10. The lowest BCUT2D eigenvalue weighted by molar-refractivity contribution is 0.630. The van der Waals surface area contributed by atoms with Crippen molar-refractivity contribution in [2.75, 3.05) is 0 Å². The average molecular weight is 670 g/mol. The smallest absolute Gasteiger partial charge is 0.160 e. The Labute approximate surface area is 299 Å². The molecule has 3 nitrogen and oxygen atoms in total. The number of hydrogen-bond donors (Lipinski definition) is 0. The van der Waals surface area contributed by atoms with Gasteiger partial charge in [-0.1, -0.05) is 135 Å². The predicted octanol–water partition coefficient (Wildman–Crippen LogP) is 12.7. The zero-order valence-electron chi connectivity index (χ0n) is 28.2. The van der Waals surface area contributed by atoms with Gasteiger partial charge in [0.2, 0.25) is 0 Å². The average Bonchev–Trinajstić information content (AvgIpc) is 3.72. The van der Waals surface area contributed by atoms with Gasteiger partial charge in [0.15, 0.2) is 5.82 Å². The van der Waals surface area contributed by atoms with Gasteiger partial charge in [-0.05, 0) is 63.4 Å². The van der Waals surface area contributed by atoms with E-state index in [1.54, 1.807) is 0 Å². The van der Waals surface area contributed by atoms with E-state index in [1.807, 2.05) is 11.3 Å². The first kappa shape index (κ1) is 28.7. The quantitative estimate of drug-likeness (QED) is 0.187. The maximum Gasteiger partial charge on any atom is 0.160 e. The fraction of sp³-hybridized carbons (Fsp3) is 0.0638. The Morgan fingerprint density at radius 1 is 0.529 bits per heavy atom. The minimum Gasteiger partial charge on any atom is -0.307 e. The third-order valence-corrected chi connectivity index (χ3v) is 12.2. The molecule has 11 rings (SSSR count). The Morgan fingerprint density at radius 2 is 1.24 bits per heavy atom. The summed E-state index contributed by atoms with van der Waals surface area (Å²) in [5.74, 6) is 0.729. The standard InChI is InChI=1S/C47H31N3S/c1-47(2)37-21-11-20-36-43(37)50(44-35-18-6-8-23-41(35)51-45(36)44)40-25-24-30(27-38(40)47)29-14-9-15-31(26-29)46-48-39-22-7-5-17-34(39)42(49-46)33-19-10-13-28-12-3-4-16-32(28)33/h3-27H,1-2H3. The fourth-order valence-corrected chi connectivity index (χ4v) is 9.71. The van der Waals surface area contributed by atoms with Gasteiger partial charge in [-0.3, -0.25) is 0 Å². The summed E-state index contributed by atoms with van der Waals surface area (Å²) in [5, 5.41) is 6.11. The van der Waals surface area contributed by atoms with E-state index < -0.39 is 0 Å². The summed E-state index contributed by atoms with van der Waals surface area (Å²) in [5.41, 5.74) is 12.8. The minimum atomic E-state index is -0.177. The molecule has 0 atom stereocenters. The SMILES string of the molecule is CC1(C)c2cc(-c3cccc(-c4nc(-c5cccc6ccccc56)c5ccccc5n4)c3)ccc2-n2c3c1cccc3c1sc3ccccc3c12. The van der Waals surface area contributed by atoms with Crippen LogP contribution in [0.15, 0.2) is 152 Å². The molecule has 51 heavy (non-hydrogen) atoms. The van der Waals surface area contributed by atoms with Gasteiger partial charge >= 0.3 is 0 Å². The second kappa shape index (κ2) is 10.5. The molecule has 0 amide bonds. The normalized spacial score (nSPS) is 13.5. The molecule has 1 aliphatic rings. The van der Waals surface area contributed by atoms with Crippen LogP contribution < -0.4 is 0 Å². The molecule has 0 saturated carbocycles. The number of benzene rings is 7. The van der Waals surface area contributed by atoms with Crippen molar-refractivity contribution in [3.8, 4) is 39.5 Å². The summed E-state index contributed by atoms with van der Waals surface area (Å²) >= 11 is 1.91. The zero-order chi connectivity index (χ0) is 33.8. The first-order valence-corrected chi connectivity index (χ1v) is 18.3. The number of rotatable bonds is 3. The highest BCUT2D eigenvalue weighted by Gasteiger charge is 2.36. The van der Waals surface area contributed by atoms with Crippen molar-refractivity contribution in [3.05, 3.63) is 163 Å². The maximum absolute atomic E-state index is 5.30. The molecule has 4 heterocycles. The van der Waals surface area contributed by atoms with Crippen LogP contribution in [0.3, 0.4) is 0 Å². The molecule has 3 aromatic heterocycles. The highest BCUT2D eigenvalue weighted by molar-refractivity contribution is 7.26. The number of thiophene rings is 1. The van der Waals surface area contributed by atoms with Gasteiger partial charge < -0.3 is 4.57 Å². The van der Waals surface area contributed by atoms with Crippen molar-refractivity contribution in [1.29, 1.82) is 0 Å². The molecule has 0 unspecified atom stereocenters. The van der Waals surface area contributed by atoms with E-state index in [0.29, 0.717) is 0 Å². The largest absolute Gasteiger partial charge is 0.307 e. The van der Waals surface area contributed by atoms with Crippen LogP contribution in [0, 0.1) is 0 Å². The Balaban J connectivity index is 1.09. The molecule has 0 saturated heterocycles. The number of fused-ring (bicyclic) bond motifs is 9. The molecule has 1 aliphatic heterocycles. The second-order valence-corrected chi connectivity index (χ2v) is 15.2. The van der Waals surface area contributed by atoms with E-state index in [2.05, 4.69) is 170 Å². The molecule has 0 aliphatic carbocycles. The van der Waals surface area contributed by atoms with Crippen LogP contribution in [-0.2, 0) is 5.41 Å². The first-order chi connectivity index (χ1) is 25.0. The van der Waals surface area contributed by atoms with E-state index in [-0.39, 0.29) is 5.41 Å². The lowest BCUT2D eigenvalue weighted by Crippen LogP contribution is -2.26. The molecule has 240 valence electrons. The van der Waals surface area contributed by atoms with Gasteiger partial charge in [-0.15, -0.1) is 11.3 Å². The number of para-hydroxylation sites is 2. The summed E-state index contributed by atoms with van der Waals surface area (Å²) in [6, 6.07) is 54.8. The van der Waals surface area contributed by atoms with E-state index >= 15 is 0 Å². The van der Waals surface area contributed by atoms with Gasteiger partial charge in [0.1, 0.15) is 0 Å². The number of nitrogens with zero attached hydrogens (tertiary/aromatic N) is 3. The lowest BCUT2D eigenvalue weighted by Gasteiger charge is -2.35. The summed E-state index contributed by atoms with van der Waals surface area (Å²) < 4.78 is 5.24. The number of aromatic nitrogens is 3. The third kappa shape index (κ3) is 4.05. The minimum absolute atomic E-state index is 0.177. The Kier molecular flexibility index (Phi) is 5.89. The molecular formula is C47H31N3S. The Morgan fingerprint density at radius 3 is 2.16 bits per heavy atom. The third-order valence-electron chi connectivity index (χ3n) is 11.0. The first-order valence-electron chi connectivity index (χ1n) is 17.5. The summed E-state index contributed by atoms with van der Waals surface area (Å²) in [4.78, 5) is 10.4. The molecule has 0 fully saturated rings. The van der Waals surface area contributed by atoms with Gasteiger partial charge in [0.25, 0.3) is 0 Å². The topological polar surface area (TPSA) is 30.7 Å². The second-order valence-electron chi connectivity index (χ2n) is 14.2. The highest BCUT2D eigenvalue weighted by Crippen LogP contribution is 2.51. The monoisotopic (exact) mass is 669 g/mol. The Bertz CT molecular complexity index is 3070. The number of hydrogen-bond acceptors (Lipinski definition) is 3. The molecule has 0 spiro atoms. The van der Waals surface area contributed by atoms with Crippen LogP contribution in [-0.4, -0.2) is 14.5 Å². The van der Waals surface area contributed by atoms with Crippen LogP contribution in [0.2, 0.25) is 0 Å². The molecular weight excluding hydrogens is 639 g/mol. The summed E-state index contributed by atoms with van der Waals surface area (Å²) in [6.45, 7) is 4.75. The summed E-state index contributed by atoms with van der Waals surface area (Å²) in [6.07, 6.45) is 0. The lowest BCUT2D eigenvalue weighted by atomic mass is 9.74. The van der Waals surface area contributed by atoms with E-state index in [0.717, 1.165) is 39.1 Å². The van der Waals surface area contributed by atoms with Crippen LogP contribution in [0.1, 0.15) is 25.0 Å². The zero-order valence-corrected chi connectivity index (χ0v) is 29.0. The van der Waals surface area contributed by atoms with Crippen LogP contribution >= 0.6 is 11.3 Å². The molecule has 7 aromatic carbocycles. The summed E-state index contributed by atoms with van der Waals surface area (Å²) in [7, 11) is 0. The van der Waals surface area contributed by atoms with Crippen LogP contribution in [0.25, 0.3) is 92.3 Å². The van der Waals surface area contributed by atoms with Crippen molar-refractivity contribution >= 4 is 64.2 Å². The molecule has 0 N–H and O–H groups in total. The van der Waals surface area contributed by atoms with Gasteiger partial charge in [-0.25, -0.2) is 9.97 Å². The highest BCUT2D eigenvalue weighted by atomic mass is 32.1. The van der Waals surface area contributed by atoms with Crippen LogP contribution in [0.4, 0.5) is 0 Å². The maximum atomic E-state index is 5.30.